The summed E-state index contributed by atoms with van der Waals surface area (Å²) >= 11 is 0. The first-order valence-electron chi connectivity index (χ1n) is 6.49. The fourth-order valence-corrected chi connectivity index (χ4v) is 2.17. The molecule has 0 spiro atoms. The number of aliphatic hydroxyl groups is 1. The first-order valence-corrected chi connectivity index (χ1v) is 6.49. The summed E-state index contributed by atoms with van der Waals surface area (Å²) in [5, 5.41) is 12.5. The number of hydrogen-bond donors (Lipinski definition) is 2. The van der Waals surface area contributed by atoms with Gasteiger partial charge in [0.25, 0.3) is 5.91 Å². The fraction of sp³-hybridized carbons (Fsp3) is 0.533. The van der Waals surface area contributed by atoms with Crippen LogP contribution in [0.2, 0.25) is 0 Å². The first-order chi connectivity index (χ1) is 8.49. The van der Waals surface area contributed by atoms with E-state index in [1.165, 1.54) is 0 Å². The Kier molecular flexibility index (Phi) is 4.91. The Morgan fingerprint density at radius 1 is 1.22 bits per heavy atom. The van der Waals surface area contributed by atoms with Crippen molar-refractivity contribution in [2.45, 2.75) is 46.1 Å². The van der Waals surface area contributed by atoms with E-state index in [4.69, 9.17) is 0 Å². The van der Waals surface area contributed by atoms with Crippen molar-refractivity contribution in [1.82, 2.24) is 5.32 Å². The third kappa shape index (κ3) is 2.91. The van der Waals surface area contributed by atoms with Crippen LogP contribution in [-0.4, -0.2) is 23.2 Å². The van der Waals surface area contributed by atoms with Gasteiger partial charge in [0.1, 0.15) is 0 Å². The topological polar surface area (TPSA) is 49.3 Å². The summed E-state index contributed by atoms with van der Waals surface area (Å²) in [5.74, 6) is -0.0941. The van der Waals surface area contributed by atoms with E-state index < -0.39 is 5.54 Å². The minimum Gasteiger partial charge on any atom is -0.394 e. The molecule has 0 aliphatic rings. The average Bonchev–Trinajstić information content (AvgIpc) is 2.36. The van der Waals surface area contributed by atoms with Crippen LogP contribution in [0.3, 0.4) is 0 Å². The summed E-state index contributed by atoms with van der Waals surface area (Å²) in [5.41, 5.74) is 2.14. The normalized spacial score (nSPS) is 11.4. The summed E-state index contributed by atoms with van der Waals surface area (Å²) in [4.78, 5) is 12.4. The molecular formula is C15H23NO2. The highest BCUT2D eigenvalue weighted by atomic mass is 16.3. The van der Waals surface area contributed by atoms with Crippen LogP contribution in [0.5, 0.6) is 0 Å². The van der Waals surface area contributed by atoms with Crippen LogP contribution in [-0.2, 0) is 0 Å². The van der Waals surface area contributed by atoms with Gasteiger partial charge in [-0.2, -0.15) is 0 Å². The molecule has 0 unspecified atom stereocenters. The minimum absolute atomic E-state index is 0.0311. The second-order valence-corrected chi connectivity index (χ2v) is 4.87. The molecule has 0 fully saturated rings. The van der Waals surface area contributed by atoms with Crippen molar-refractivity contribution in [2.75, 3.05) is 6.61 Å². The van der Waals surface area contributed by atoms with Gasteiger partial charge in [-0.15, -0.1) is 0 Å². The van der Waals surface area contributed by atoms with Gasteiger partial charge in [-0.1, -0.05) is 32.0 Å². The number of carbonyl (C=O) groups is 1. The Morgan fingerprint density at radius 2 is 1.72 bits per heavy atom. The van der Waals surface area contributed by atoms with Gasteiger partial charge in [-0.25, -0.2) is 0 Å². The number of rotatable bonds is 5. The number of benzene rings is 1. The van der Waals surface area contributed by atoms with Crippen molar-refractivity contribution in [2.24, 2.45) is 0 Å². The van der Waals surface area contributed by atoms with E-state index in [9.17, 15) is 9.90 Å². The van der Waals surface area contributed by atoms with E-state index in [0.717, 1.165) is 29.5 Å². The Hall–Kier alpha value is -1.35. The van der Waals surface area contributed by atoms with Gasteiger partial charge in [-0.3, -0.25) is 4.79 Å². The maximum Gasteiger partial charge on any atom is 0.252 e. The summed E-state index contributed by atoms with van der Waals surface area (Å²) in [6.45, 7) is 7.78. The molecule has 0 radical (unpaired) electrons. The third-order valence-corrected chi connectivity index (χ3v) is 3.74. The van der Waals surface area contributed by atoms with Crippen LogP contribution >= 0.6 is 0 Å². The van der Waals surface area contributed by atoms with E-state index in [1.807, 2.05) is 45.9 Å². The second-order valence-electron chi connectivity index (χ2n) is 4.87. The van der Waals surface area contributed by atoms with Crippen LogP contribution in [0.15, 0.2) is 18.2 Å². The van der Waals surface area contributed by atoms with Gasteiger partial charge >= 0.3 is 0 Å². The van der Waals surface area contributed by atoms with E-state index in [2.05, 4.69) is 5.32 Å². The molecule has 2 N–H and O–H groups in total. The van der Waals surface area contributed by atoms with Gasteiger partial charge in [0.15, 0.2) is 0 Å². The highest BCUT2D eigenvalue weighted by Crippen LogP contribution is 2.18. The molecule has 3 nitrogen and oxygen atoms in total. The lowest BCUT2D eigenvalue weighted by atomic mass is 9.92. The third-order valence-electron chi connectivity index (χ3n) is 3.74. The number of nitrogens with one attached hydrogen (secondary N) is 1. The van der Waals surface area contributed by atoms with Crippen LogP contribution in [0.4, 0.5) is 0 Å². The van der Waals surface area contributed by atoms with Gasteiger partial charge in [0.2, 0.25) is 0 Å². The number of aryl methyl sites for hydroxylation is 2. The summed E-state index contributed by atoms with van der Waals surface area (Å²) in [7, 11) is 0. The molecule has 0 atom stereocenters. The van der Waals surface area contributed by atoms with E-state index >= 15 is 0 Å². The highest BCUT2D eigenvalue weighted by molar-refractivity contribution is 5.97. The van der Waals surface area contributed by atoms with Gasteiger partial charge in [-0.05, 0) is 37.8 Å². The lowest BCUT2D eigenvalue weighted by Gasteiger charge is -2.31. The van der Waals surface area contributed by atoms with Crippen molar-refractivity contribution in [3.05, 3.63) is 34.9 Å². The maximum absolute atomic E-state index is 12.4. The van der Waals surface area contributed by atoms with Crippen LogP contribution in [0.25, 0.3) is 0 Å². The molecule has 0 aliphatic carbocycles. The molecule has 0 aliphatic heterocycles. The number of amides is 1. The zero-order valence-corrected chi connectivity index (χ0v) is 11.7. The van der Waals surface area contributed by atoms with Crippen LogP contribution in [0, 0.1) is 13.8 Å². The van der Waals surface area contributed by atoms with Gasteiger partial charge in [0, 0.05) is 5.56 Å². The maximum atomic E-state index is 12.4. The fourth-order valence-electron chi connectivity index (χ4n) is 2.17. The zero-order chi connectivity index (χ0) is 13.8. The summed E-state index contributed by atoms with van der Waals surface area (Å²) in [6.07, 6.45) is 1.44. The largest absolute Gasteiger partial charge is 0.394 e. The molecule has 0 bridgehead atoms. The monoisotopic (exact) mass is 249 g/mol. The smallest absolute Gasteiger partial charge is 0.252 e. The van der Waals surface area contributed by atoms with E-state index in [0.29, 0.717) is 0 Å². The Morgan fingerprint density at radius 3 is 2.11 bits per heavy atom. The Labute approximate surface area is 109 Å². The zero-order valence-electron chi connectivity index (χ0n) is 11.7. The van der Waals surface area contributed by atoms with Crippen molar-refractivity contribution in [3.8, 4) is 0 Å². The number of hydrogen-bond acceptors (Lipinski definition) is 2. The van der Waals surface area contributed by atoms with E-state index in [1.54, 1.807) is 0 Å². The predicted octanol–water partition coefficient (Wildman–Crippen LogP) is 2.58. The quantitative estimate of drug-likeness (QED) is 0.842. The van der Waals surface area contributed by atoms with Crippen LogP contribution < -0.4 is 5.32 Å². The standard InChI is InChI=1S/C15H23NO2/c1-5-15(6-2,10-17)16-14(18)13-11(3)8-7-9-12(13)4/h7-9,17H,5-6,10H2,1-4H3,(H,16,18). The van der Waals surface area contributed by atoms with E-state index in [-0.39, 0.29) is 12.5 Å². The molecule has 18 heavy (non-hydrogen) atoms. The second kappa shape index (κ2) is 6.01. The Bertz CT molecular complexity index is 394. The Balaban J connectivity index is 3.02. The average molecular weight is 249 g/mol. The molecule has 1 amide bonds. The molecule has 1 aromatic rings. The SMILES string of the molecule is CCC(CC)(CO)NC(=O)c1c(C)cccc1C. The molecule has 0 saturated carbocycles. The molecule has 0 aromatic heterocycles. The van der Waals surface area contributed by atoms with Crippen molar-refractivity contribution in [1.29, 1.82) is 0 Å². The minimum atomic E-state index is -0.508. The molecular weight excluding hydrogens is 226 g/mol. The number of aliphatic hydroxyl groups excluding tert-OH is 1. The molecule has 100 valence electrons. The summed E-state index contributed by atoms with van der Waals surface area (Å²) in [6, 6.07) is 5.81. The summed E-state index contributed by atoms with van der Waals surface area (Å²) < 4.78 is 0. The molecule has 1 aromatic carbocycles. The van der Waals surface area contributed by atoms with Crippen molar-refractivity contribution >= 4 is 5.91 Å². The molecule has 0 heterocycles. The first kappa shape index (κ1) is 14.7. The molecule has 0 saturated heterocycles. The van der Waals surface area contributed by atoms with Crippen molar-refractivity contribution < 1.29 is 9.90 Å². The van der Waals surface area contributed by atoms with Gasteiger partial charge < -0.3 is 10.4 Å². The van der Waals surface area contributed by atoms with Gasteiger partial charge in [0.05, 0.1) is 12.1 Å². The molecule has 3 heteroatoms. The van der Waals surface area contributed by atoms with Crippen molar-refractivity contribution in [3.63, 3.8) is 0 Å². The highest BCUT2D eigenvalue weighted by Gasteiger charge is 2.28. The lowest BCUT2D eigenvalue weighted by molar-refractivity contribution is 0.0816. The predicted molar refractivity (Wildman–Crippen MR) is 73.8 cm³/mol. The lowest BCUT2D eigenvalue weighted by Crippen LogP contribution is -2.50. The number of carbonyl (C=O) groups excluding carboxylic acids is 1. The molecule has 1 rings (SSSR count). The van der Waals surface area contributed by atoms with Crippen LogP contribution in [0.1, 0.15) is 48.2 Å².